The number of nitrogens with zero attached hydrogens (tertiary/aromatic N) is 2. The van der Waals surface area contributed by atoms with Crippen molar-refractivity contribution in [2.24, 2.45) is 11.7 Å². The van der Waals surface area contributed by atoms with E-state index in [1.54, 1.807) is 19.1 Å². The second-order valence-corrected chi connectivity index (χ2v) is 10.00. The summed E-state index contributed by atoms with van der Waals surface area (Å²) in [4.78, 5) is 16.6. The predicted octanol–water partition coefficient (Wildman–Crippen LogP) is 6.01. The maximum absolute atomic E-state index is 13.9. The Morgan fingerprint density at radius 3 is 2.42 bits per heavy atom. The van der Waals surface area contributed by atoms with E-state index in [2.05, 4.69) is 20.5 Å². The van der Waals surface area contributed by atoms with Gasteiger partial charge in [-0.1, -0.05) is 33.8 Å². The van der Waals surface area contributed by atoms with Crippen molar-refractivity contribution in [2.75, 3.05) is 11.9 Å². The van der Waals surface area contributed by atoms with Gasteiger partial charge < -0.3 is 15.8 Å². The summed E-state index contributed by atoms with van der Waals surface area (Å²) in [5.74, 6) is -0.126. The number of ether oxygens (including phenoxy) is 1. The number of benzene rings is 1. The fraction of sp³-hybridized carbons (Fsp3) is 0.423. The fourth-order valence-electron chi connectivity index (χ4n) is 3.90. The zero-order valence-electron chi connectivity index (χ0n) is 21.0. The van der Waals surface area contributed by atoms with E-state index in [-0.39, 0.29) is 35.7 Å². The van der Waals surface area contributed by atoms with Crippen molar-refractivity contribution >= 4 is 11.7 Å². The molecule has 0 spiro atoms. The molecule has 1 unspecified atom stereocenters. The summed E-state index contributed by atoms with van der Waals surface area (Å²) in [5, 5.41) is 9.44. The second-order valence-electron chi connectivity index (χ2n) is 10.00. The molecule has 2 heterocycles. The minimum atomic E-state index is -4.63. The van der Waals surface area contributed by atoms with Crippen molar-refractivity contribution in [1.82, 2.24) is 15.2 Å². The van der Waals surface area contributed by atoms with Crippen LogP contribution in [0, 0.1) is 5.92 Å². The van der Waals surface area contributed by atoms with Crippen LogP contribution >= 0.6 is 0 Å². The van der Waals surface area contributed by atoms with Crippen LogP contribution in [0.1, 0.15) is 68.7 Å². The first kappa shape index (κ1) is 27.2. The molecule has 0 aliphatic rings. The predicted molar refractivity (Wildman–Crippen MR) is 133 cm³/mol. The lowest BCUT2D eigenvalue weighted by atomic mass is 9.93. The van der Waals surface area contributed by atoms with Crippen LogP contribution in [0.5, 0.6) is 5.75 Å². The van der Waals surface area contributed by atoms with Gasteiger partial charge >= 0.3 is 6.18 Å². The molecule has 36 heavy (non-hydrogen) atoms. The van der Waals surface area contributed by atoms with Gasteiger partial charge in [-0.25, -0.2) is 4.98 Å². The number of amides is 1. The summed E-state index contributed by atoms with van der Waals surface area (Å²) in [6.45, 7) is 9.62. The summed E-state index contributed by atoms with van der Waals surface area (Å²) in [5.41, 5.74) is 6.29. The Kier molecular flexibility index (Phi) is 8.08. The van der Waals surface area contributed by atoms with E-state index in [9.17, 15) is 18.0 Å². The Hall–Kier alpha value is -3.40. The second kappa shape index (κ2) is 10.7. The number of H-pyrrole nitrogens is 1. The minimum absolute atomic E-state index is 0.0508. The van der Waals surface area contributed by atoms with Gasteiger partial charge in [-0.05, 0) is 66.6 Å². The highest BCUT2D eigenvalue weighted by atomic mass is 19.4. The van der Waals surface area contributed by atoms with Crippen molar-refractivity contribution in [3.05, 3.63) is 59.5 Å². The molecule has 1 amide bonds. The van der Waals surface area contributed by atoms with Crippen LogP contribution in [0.15, 0.2) is 42.6 Å². The van der Waals surface area contributed by atoms with Crippen molar-refractivity contribution in [3.8, 4) is 16.9 Å². The quantitative estimate of drug-likeness (QED) is 0.332. The maximum Gasteiger partial charge on any atom is 0.419 e. The average Bonchev–Trinajstić information content (AvgIpc) is 3.27. The molecule has 1 aromatic carbocycles. The van der Waals surface area contributed by atoms with E-state index in [1.165, 1.54) is 24.4 Å². The van der Waals surface area contributed by atoms with Gasteiger partial charge in [0.05, 0.1) is 5.56 Å². The van der Waals surface area contributed by atoms with Crippen molar-refractivity contribution in [1.29, 1.82) is 0 Å². The highest BCUT2D eigenvalue weighted by Gasteiger charge is 2.35. The molecule has 4 N–H and O–H groups in total. The van der Waals surface area contributed by atoms with Crippen LogP contribution < -0.4 is 15.8 Å². The molecule has 1 atom stereocenters. The Balaban J connectivity index is 1.83. The van der Waals surface area contributed by atoms with Crippen LogP contribution in [0.25, 0.3) is 11.1 Å². The molecule has 10 heteroatoms. The van der Waals surface area contributed by atoms with E-state index in [1.807, 2.05) is 27.7 Å². The van der Waals surface area contributed by atoms with Gasteiger partial charge in [0.1, 0.15) is 18.2 Å². The Bertz CT molecular complexity index is 1200. The van der Waals surface area contributed by atoms with Gasteiger partial charge in [0.2, 0.25) is 0 Å². The summed E-state index contributed by atoms with van der Waals surface area (Å²) in [6.07, 6.45) is -2.61. The molecule has 3 aromatic rings. The Morgan fingerprint density at radius 1 is 1.11 bits per heavy atom. The number of nitrogens with two attached hydrogens (primary N) is 1. The zero-order valence-corrected chi connectivity index (χ0v) is 21.0. The molecule has 0 aliphatic heterocycles. The maximum atomic E-state index is 13.9. The van der Waals surface area contributed by atoms with Crippen LogP contribution in [-0.2, 0) is 6.18 Å². The molecular weight excluding hydrogens is 471 g/mol. The van der Waals surface area contributed by atoms with Crippen LogP contribution in [0.2, 0.25) is 0 Å². The first-order valence-corrected chi connectivity index (χ1v) is 11.7. The highest BCUT2D eigenvalue weighted by molar-refractivity contribution is 6.02. The first-order valence-electron chi connectivity index (χ1n) is 11.7. The topological polar surface area (TPSA) is 106 Å². The van der Waals surface area contributed by atoms with E-state index in [0.717, 1.165) is 11.8 Å². The average molecular weight is 504 g/mol. The lowest BCUT2D eigenvalue weighted by molar-refractivity contribution is -0.139. The molecule has 0 saturated heterocycles. The summed E-state index contributed by atoms with van der Waals surface area (Å²) in [6, 6.07) is 8.56. The van der Waals surface area contributed by atoms with Gasteiger partial charge in [-0.3, -0.25) is 9.89 Å². The molecule has 7 nitrogen and oxygen atoms in total. The standard InChI is InChI=1S/C26H32F3N5O2/c1-15(2)13-25(5,30)14-36-22-7-6-17(10-19(22)26(27,28)29)18-8-9-31-23(11-18)32-24(35)21-12-20(16(3)4)33-34-21/h6-12,15-16H,13-14,30H2,1-5H3,(H,33,34)(H,31,32,35). The lowest BCUT2D eigenvalue weighted by Gasteiger charge is -2.27. The third-order valence-electron chi connectivity index (χ3n) is 5.50. The normalized spacial score (nSPS) is 13.6. The van der Waals surface area contributed by atoms with Crippen molar-refractivity contribution in [3.63, 3.8) is 0 Å². The smallest absolute Gasteiger partial charge is 0.419 e. The number of aromatic nitrogens is 3. The monoisotopic (exact) mass is 503 g/mol. The van der Waals surface area contributed by atoms with Gasteiger partial charge in [-0.15, -0.1) is 0 Å². The van der Waals surface area contributed by atoms with Crippen LogP contribution in [0.3, 0.4) is 0 Å². The number of nitrogens with one attached hydrogen (secondary N) is 2. The summed E-state index contributed by atoms with van der Waals surface area (Å²) in [7, 11) is 0. The van der Waals surface area contributed by atoms with Crippen LogP contribution in [0.4, 0.5) is 19.0 Å². The number of alkyl halides is 3. The van der Waals surface area contributed by atoms with Gasteiger partial charge in [0, 0.05) is 17.4 Å². The molecule has 0 saturated carbocycles. The van der Waals surface area contributed by atoms with Crippen molar-refractivity contribution < 1.29 is 22.7 Å². The lowest BCUT2D eigenvalue weighted by Crippen LogP contribution is -2.43. The molecular formula is C26H32F3N5O2. The highest BCUT2D eigenvalue weighted by Crippen LogP contribution is 2.39. The van der Waals surface area contributed by atoms with E-state index < -0.39 is 23.2 Å². The number of pyridine rings is 1. The SMILES string of the molecule is CC(C)CC(C)(N)COc1ccc(-c2ccnc(NC(=O)c3cc(C(C)C)[nH]n3)c2)cc1C(F)(F)F. The third kappa shape index (κ3) is 7.07. The number of aromatic amines is 1. The molecule has 0 radical (unpaired) electrons. The largest absolute Gasteiger partial charge is 0.491 e. The third-order valence-corrected chi connectivity index (χ3v) is 5.50. The van der Waals surface area contributed by atoms with E-state index in [0.29, 0.717) is 17.5 Å². The first-order chi connectivity index (χ1) is 16.7. The number of anilines is 1. The van der Waals surface area contributed by atoms with E-state index in [4.69, 9.17) is 10.5 Å². The fourth-order valence-corrected chi connectivity index (χ4v) is 3.90. The summed E-state index contributed by atoms with van der Waals surface area (Å²) < 4.78 is 47.2. The minimum Gasteiger partial charge on any atom is -0.491 e. The van der Waals surface area contributed by atoms with E-state index >= 15 is 0 Å². The summed E-state index contributed by atoms with van der Waals surface area (Å²) >= 11 is 0. The zero-order chi connectivity index (χ0) is 26.7. The molecule has 3 rings (SSSR count). The Labute approximate surface area is 208 Å². The molecule has 0 aliphatic carbocycles. The number of halogens is 3. The number of hydrogen-bond acceptors (Lipinski definition) is 5. The Morgan fingerprint density at radius 2 is 1.81 bits per heavy atom. The van der Waals surface area contributed by atoms with Gasteiger partial charge in [0.25, 0.3) is 5.91 Å². The van der Waals surface area contributed by atoms with Crippen LogP contribution in [-0.4, -0.2) is 33.2 Å². The molecule has 0 bridgehead atoms. The number of rotatable bonds is 9. The van der Waals surface area contributed by atoms with Gasteiger partial charge in [-0.2, -0.15) is 18.3 Å². The number of hydrogen-bond donors (Lipinski definition) is 3. The molecule has 194 valence electrons. The number of carbonyl (C=O) groups is 1. The number of carbonyl (C=O) groups excluding carboxylic acids is 1. The van der Waals surface area contributed by atoms with Gasteiger partial charge in [0.15, 0.2) is 5.69 Å². The van der Waals surface area contributed by atoms with Crippen molar-refractivity contribution in [2.45, 2.75) is 58.7 Å². The molecule has 2 aromatic heterocycles. The molecule has 0 fully saturated rings.